The molecule has 1 aliphatic heterocycles. The van der Waals surface area contributed by atoms with E-state index < -0.39 is 0 Å². The summed E-state index contributed by atoms with van der Waals surface area (Å²) in [6, 6.07) is 13.1. The number of halogens is 1. The third kappa shape index (κ3) is 3.97. The number of aryl methyl sites for hydroxylation is 1. The van der Waals surface area contributed by atoms with Crippen molar-refractivity contribution in [3.05, 3.63) is 77.8 Å². The van der Waals surface area contributed by atoms with E-state index in [4.69, 9.17) is 0 Å². The van der Waals surface area contributed by atoms with Gasteiger partial charge in [0.2, 0.25) is 0 Å². The van der Waals surface area contributed by atoms with E-state index in [0.717, 1.165) is 40.9 Å². The van der Waals surface area contributed by atoms with Crippen LogP contribution in [-0.4, -0.2) is 41.6 Å². The average Bonchev–Trinajstić information content (AvgIpc) is 3.05. The summed E-state index contributed by atoms with van der Waals surface area (Å²) in [5.41, 5.74) is 5.14. The standard InChI is InChI=1S/C26H30FN3O/c1-5-12-30-24-11-6-20(18(2)3)17-23(24)19(4)25(30)26(31)29-15-13-28(14-16-29)22-9-7-21(27)8-10-22/h5-11,17-18H,1,12-16H2,2-4H3. The number of carbonyl (C=O) groups excluding carboxylic acids is 1. The number of benzene rings is 2. The van der Waals surface area contributed by atoms with Crippen LogP contribution in [-0.2, 0) is 6.54 Å². The molecule has 1 amide bonds. The zero-order chi connectivity index (χ0) is 22.1. The summed E-state index contributed by atoms with van der Waals surface area (Å²) in [5, 5.41) is 1.14. The molecule has 0 atom stereocenters. The molecular formula is C26H30FN3O. The van der Waals surface area contributed by atoms with Gasteiger partial charge in [0.15, 0.2) is 0 Å². The smallest absolute Gasteiger partial charge is 0.270 e. The van der Waals surface area contributed by atoms with Crippen molar-refractivity contribution >= 4 is 22.5 Å². The van der Waals surface area contributed by atoms with Crippen molar-refractivity contribution in [3.8, 4) is 0 Å². The molecule has 31 heavy (non-hydrogen) atoms. The van der Waals surface area contributed by atoms with Crippen LogP contribution in [0.4, 0.5) is 10.1 Å². The Balaban J connectivity index is 1.61. The Hall–Kier alpha value is -3.08. The molecule has 1 fully saturated rings. The summed E-state index contributed by atoms with van der Waals surface area (Å²) < 4.78 is 15.3. The quantitative estimate of drug-likeness (QED) is 0.521. The number of carbonyl (C=O) groups is 1. The second kappa shape index (κ2) is 8.58. The Labute approximate surface area is 183 Å². The molecule has 162 valence electrons. The predicted molar refractivity (Wildman–Crippen MR) is 125 cm³/mol. The zero-order valence-corrected chi connectivity index (χ0v) is 18.6. The highest BCUT2D eigenvalue weighted by atomic mass is 19.1. The van der Waals surface area contributed by atoms with Crippen molar-refractivity contribution in [3.63, 3.8) is 0 Å². The highest BCUT2D eigenvalue weighted by molar-refractivity contribution is 6.02. The van der Waals surface area contributed by atoms with Gasteiger partial charge in [-0.2, -0.15) is 0 Å². The fourth-order valence-electron chi connectivity index (χ4n) is 4.46. The number of hydrogen-bond acceptors (Lipinski definition) is 2. The number of anilines is 1. The Morgan fingerprint density at radius 1 is 1.10 bits per heavy atom. The molecule has 1 aliphatic rings. The molecule has 4 rings (SSSR count). The van der Waals surface area contributed by atoms with Gasteiger partial charge in [0.05, 0.1) is 0 Å². The van der Waals surface area contributed by atoms with Gasteiger partial charge in [-0.05, 0) is 60.4 Å². The van der Waals surface area contributed by atoms with Crippen molar-refractivity contribution in [2.24, 2.45) is 0 Å². The van der Waals surface area contributed by atoms with Crippen LogP contribution in [0.2, 0.25) is 0 Å². The SMILES string of the molecule is C=CCn1c(C(=O)N2CCN(c3ccc(F)cc3)CC2)c(C)c2cc(C(C)C)ccc21. The van der Waals surface area contributed by atoms with Gasteiger partial charge in [0, 0.05) is 49.3 Å². The Morgan fingerprint density at radius 3 is 2.39 bits per heavy atom. The molecule has 1 aromatic heterocycles. The largest absolute Gasteiger partial charge is 0.368 e. The second-order valence-electron chi connectivity index (χ2n) is 8.56. The number of hydrogen-bond donors (Lipinski definition) is 0. The van der Waals surface area contributed by atoms with Crippen LogP contribution in [0.15, 0.2) is 55.1 Å². The van der Waals surface area contributed by atoms with Crippen LogP contribution in [0.3, 0.4) is 0 Å². The molecule has 0 saturated carbocycles. The van der Waals surface area contributed by atoms with Gasteiger partial charge in [0.25, 0.3) is 5.91 Å². The van der Waals surface area contributed by atoms with Crippen molar-refractivity contribution < 1.29 is 9.18 Å². The van der Waals surface area contributed by atoms with Crippen LogP contribution >= 0.6 is 0 Å². The third-order valence-corrected chi connectivity index (χ3v) is 6.28. The molecular weight excluding hydrogens is 389 g/mol. The lowest BCUT2D eigenvalue weighted by molar-refractivity contribution is 0.0736. The van der Waals surface area contributed by atoms with E-state index in [1.54, 1.807) is 12.1 Å². The van der Waals surface area contributed by atoms with Gasteiger partial charge >= 0.3 is 0 Å². The normalized spacial score (nSPS) is 14.5. The van der Waals surface area contributed by atoms with Crippen molar-refractivity contribution in [2.45, 2.75) is 33.2 Å². The number of rotatable bonds is 5. The maximum Gasteiger partial charge on any atom is 0.270 e. The molecule has 0 aliphatic carbocycles. The molecule has 1 saturated heterocycles. The lowest BCUT2D eigenvalue weighted by Crippen LogP contribution is -2.49. The lowest BCUT2D eigenvalue weighted by atomic mass is 10.0. The highest BCUT2D eigenvalue weighted by Gasteiger charge is 2.27. The molecule has 4 nitrogen and oxygen atoms in total. The first-order valence-electron chi connectivity index (χ1n) is 10.9. The summed E-state index contributed by atoms with van der Waals surface area (Å²) >= 11 is 0. The molecule has 0 radical (unpaired) electrons. The summed E-state index contributed by atoms with van der Waals surface area (Å²) in [7, 11) is 0. The van der Waals surface area contributed by atoms with Crippen LogP contribution in [0.1, 0.15) is 41.4 Å². The molecule has 0 spiro atoms. The third-order valence-electron chi connectivity index (χ3n) is 6.28. The zero-order valence-electron chi connectivity index (χ0n) is 18.6. The maximum atomic E-state index is 13.6. The average molecular weight is 420 g/mol. The monoisotopic (exact) mass is 419 g/mol. The van der Waals surface area contributed by atoms with Crippen molar-refractivity contribution in [2.75, 3.05) is 31.1 Å². The van der Waals surface area contributed by atoms with Gasteiger partial charge in [-0.15, -0.1) is 6.58 Å². The summed E-state index contributed by atoms with van der Waals surface area (Å²) in [5.74, 6) is 0.273. The van der Waals surface area contributed by atoms with Crippen LogP contribution in [0, 0.1) is 12.7 Å². The van der Waals surface area contributed by atoms with E-state index in [9.17, 15) is 9.18 Å². The Kier molecular flexibility index (Phi) is 5.86. The van der Waals surface area contributed by atoms with E-state index in [1.165, 1.54) is 17.7 Å². The van der Waals surface area contributed by atoms with Crippen molar-refractivity contribution in [1.29, 1.82) is 0 Å². The molecule has 2 aromatic carbocycles. The molecule has 2 heterocycles. The van der Waals surface area contributed by atoms with E-state index in [2.05, 4.69) is 48.1 Å². The molecule has 0 bridgehead atoms. The molecule has 0 unspecified atom stereocenters. The summed E-state index contributed by atoms with van der Waals surface area (Å²) in [4.78, 5) is 17.7. The Bertz CT molecular complexity index is 1110. The highest BCUT2D eigenvalue weighted by Crippen LogP contribution is 2.30. The second-order valence-corrected chi connectivity index (χ2v) is 8.56. The first-order valence-corrected chi connectivity index (χ1v) is 10.9. The molecule has 3 aromatic rings. The lowest BCUT2D eigenvalue weighted by Gasteiger charge is -2.36. The number of fused-ring (bicyclic) bond motifs is 1. The fourth-order valence-corrected chi connectivity index (χ4v) is 4.46. The van der Waals surface area contributed by atoms with Crippen LogP contribution in [0.25, 0.3) is 10.9 Å². The first kappa shape index (κ1) is 21.2. The Morgan fingerprint density at radius 2 is 1.77 bits per heavy atom. The summed E-state index contributed by atoms with van der Waals surface area (Å²) in [6.07, 6.45) is 1.85. The summed E-state index contributed by atoms with van der Waals surface area (Å²) in [6.45, 7) is 13.7. The van der Waals surface area contributed by atoms with Gasteiger partial charge in [-0.1, -0.05) is 26.0 Å². The minimum atomic E-state index is -0.233. The minimum Gasteiger partial charge on any atom is -0.368 e. The number of piperazine rings is 1. The minimum absolute atomic E-state index is 0.0698. The molecule has 5 heteroatoms. The molecule has 0 N–H and O–H groups in total. The first-order chi connectivity index (χ1) is 14.9. The van der Waals surface area contributed by atoms with Crippen LogP contribution < -0.4 is 4.90 Å². The van der Waals surface area contributed by atoms with Gasteiger partial charge in [0.1, 0.15) is 11.5 Å². The number of nitrogens with zero attached hydrogens (tertiary/aromatic N) is 3. The van der Waals surface area contributed by atoms with E-state index in [1.807, 2.05) is 17.9 Å². The van der Waals surface area contributed by atoms with Crippen molar-refractivity contribution in [1.82, 2.24) is 9.47 Å². The van der Waals surface area contributed by atoms with Gasteiger partial charge < -0.3 is 14.4 Å². The van der Waals surface area contributed by atoms with E-state index >= 15 is 0 Å². The fraction of sp³-hybridized carbons (Fsp3) is 0.346. The van der Waals surface area contributed by atoms with E-state index in [-0.39, 0.29) is 11.7 Å². The van der Waals surface area contributed by atoms with Gasteiger partial charge in [-0.3, -0.25) is 4.79 Å². The van der Waals surface area contributed by atoms with E-state index in [0.29, 0.717) is 25.6 Å². The number of aromatic nitrogens is 1. The van der Waals surface area contributed by atoms with Crippen LogP contribution in [0.5, 0.6) is 0 Å². The van der Waals surface area contributed by atoms with Gasteiger partial charge in [-0.25, -0.2) is 4.39 Å². The maximum absolute atomic E-state index is 13.6. The number of amides is 1. The number of allylic oxidation sites excluding steroid dienone is 1. The predicted octanol–water partition coefficient (Wildman–Crippen LogP) is 5.36. The topological polar surface area (TPSA) is 28.5 Å².